The van der Waals surface area contributed by atoms with E-state index in [-0.39, 0.29) is 18.1 Å². The minimum absolute atomic E-state index is 0.0634. The molecule has 0 fully saturated rings. The Kier molecular flexibility index (Phi) is 3.35. The zero-order chi connectivity index (χ0) is 16.5. The van der Waals surface area contributed by atoms with Crippen molar-refractivity contribution in [3.63, 3.8) is 0 Å². The highest BCUT2D eigenvalue weighted by Crippen LogP contribution is 2.20. The smallest absolute Gasteiger partial charge is 0.323 e. The summed E-state index contributed by atoms with van der Waals surface area (Å²) in [7, 11) is 0. The average Bonchev–Trinajstić information content (AvgIpc) is 2.91. The largest absolute Gasteiger partial charge is 0.326 e. The number of hydrogen-bond donors (Lipinski definition) is 2. The summed E-state index contributed by atoms with van der Waals surface area (Å²) in [4.78, 5) is 31.5. The minimum Gasteiger partial charge on any atom is -0.323 e. The Morgan fingerprint density at radius 1 is 1.08 bits per heavy atom. The first kappa shape index (κ1) is 14.2. The lowest BCUT2D eigenvalue weighted by molar-refractivity contribution is -0.116. The van der Waals surface area contributed by atoms with Crippen LogP contribution < -0.4 is 11.0 Å². The normalized spacial score (nSPS) is 11.0. The first-order chi connectivity index (χ1) is 11.7. The Hall–Kier alpha value is -3.41. The van der Waals surface area contributed by atoms with E-state index in [0.717, 1.165) is 10.9 Å². The number of imidazole rings is 1. The summed E-state index contributed by atoms with van der Waals surface area (Å²) >= 11 is 0. The van der Waals surface area contributed by atoms with Crippen molar-refractivity contribution in [1.82, 2.24) is 14.5 Å². The van der Waals surface area contributed by atoms with Gasteiger partial charge in [-0.25, -0.2) is 4.79 Å². The van der Waals surface area contributed by atoms with E-state index >= 15 is 0 Å². The third-order valence-electron chi connectivity index (χ3n) is 3.89. The fraction of sp³-hybridized carbons (Fsp3) is 0.0556. The van der Waals surface area contributed by atoms with Crippen LogP contribution >= 0.6 is 0 Å². The van der Waals surface area contributed by atoms with E-state index in [2.05, 4.69) is 15.3 Å². The van der Waals surface area contributed by atoms with E-state index in [4.69, 9.17) is 0 Å². The maximum absolute atomic E-state index is 12.4. The maximum atomic E-state index is 12.4. The van der Waals surface area contributed by atoms with Gasteiger partial charge < -0.3 is 10.3 Å². The molecule has 4 aromatic rings. The number of para-hydroxylation sites is 3. The van der Waals surface area contributed by atoms with Crippen molar-refractivity contribution >= 4 is 33.5 Å². The molecule has 0 bridgehead atoms. The molecule has 0 unspecified atom stereocenters. The van der Waals surface area contributed by atoms with Crippen LogP contribution in [0.2, 0.25) is 0 Å². The second kappa shape index (κ2) is 5.66. The van der Waals surface area contributed by atoms with Gasteiger partial charge in [0.05, 0.1) is 22.2 Å². The summed E-state index contributed by atoms with van der Waals surface area (Å²) in [6, 6.07) is 16.6. The van der Waals surface area contributed by atoms with E-state index in [1.54, 1.807) is 24.4 Å². The van der Waals surface area contributed by atoms with E-state index < -0.39 is 0 Å². The number of nitrogens with zero attached hydrogens (tertiary/aromatic N) is 2. The monoisotopic (exact) mass is 318 g/mol. The molecule has 2 heterocycles. The third-order valence-corrected chi connectivity index (χ3v) is 3.89. The van der Waals surface area contributed by atoms with Gasteiger partial charge in [-0.1, -0.05) is 30.3 Å². The van der Waals surface area contributed by atoms with E-state index in [1.165, 1.54) is 4.57 Å². The number of anilines is 1. The molecule has 0 saturated carbocycles. The molecule has 0 saturated heterocycles. The number of benzene rings is 2. The molecule has 1 amide bonds. The average molecular weight is 318 g/mol. The number of fused-ring (bicyclic) bond motifs is 2. The summed E-state index contributed by atoms with van der Waals surface area (Å²) in [6.07, 6.45) is 1.68. The van der Waals surface area contributed by atoms with Gasteiger partial charge in [0, 0.05) is 11.6 Å². The van der Waals surface area contributed by atoms with Crippen molar-refractivity contribution < 1.29 is 4.79 Å². The quantitative estimate of drug-likeness (QED) is 0.609. The van der Waals surface area contributed by atoms with Crippen LogP contribution in [0.15, 0.2) is 65.6 Å². The van der Waals surface area contributed by atoms with Crippen molar-refractivity contribution in [2.24, 2.45) is 0 Å². The predicted octanol–water partition coefficient (Wildman–Crippen LogP) is 2.52. The molecule has 2 aromatic heterocycles. The van der Waals surface area contributed by atoms with E-state index in [1.807, 2.05) is 36.4 Å². The topological polar surface area (TPSA) is 79.8 Å². The minimum atomic E-state index is -0.303. The molecule has 0 aliphatic rings. The molecule has 4 rings (SSSR count). The molecular weight excluding hydrogens is 304 g/mol. The summed E-state index contributed by atoms with van der Waals surface area (Å²) in [5, 5.41) is 3.78. The number of rotatable bonds is 3. The highest BCUT2D eigenvalue weighted by molar-refractivity contribution is 6.00. The maximum Gasteiger partial charge on any atom is 0.326 e. The number of carbonyl (C=O) groups is 1. The molecule has 0 spiro atoms. The lowest BCUT2D eigenvalue weighted by Crippen LogP contribution is -2.26. The molecule has 2 aromatic carbocycles. The Balaban J connectivity index is 1.65. The Bertz CT molecular complexity index is 1110. The fourth-order valence-corrected chi connectivity index (χ4v) is 2.80. The van der Waals surface area contributed by atoms with Crippen LogP contribution in [-0.2, 0) is 11.3 Å². The summed E-state index contributed by atoms with van der Waals surface area (Å²) in [6.45, 7) is -0.0634. The molecule has 0 aliphatic carbocycles. The number of aromatic amines is 1. The number of pyridine rings is 1. The lowest BCUT2D eigenvalue weighted by Gasteiger charge is -2.08. The zero-order valence-electron chi connectivity index (χ0n) is 12.7. The highest BCUT2D eigenvalue weighted by Gasteiger charge is 2.11. The van der Waals surface area contributed by atoms with Crippen molar-refractivity contribution in [3.8, 4) is 0 Å². The van der Waals surface area contributed by atoms with Crippen LogP contribution in [-0.4, -0.2) is 20.4 Å². The number of aromatic nitrogens is 3. The highest BCUT2D eigenvalue weighted by atomic mass is 16.2. The molecule has 118 valence electrons. The number of hydrogen-bond acceptors (Lipinski definition) is 3. The first-order valence-corrected chi connectivity index (χ1v) is 7.53. The van der Waals surface area contributed by atoms with E-state index in [9.17, 15) is 9.59 Å². The van der Waals surface area contributed by atoms with Gasteiger partial charge in [-0.3, -0.25) is 14.3 Å². The molecule has 24 heavy (non-hydrogen) atoms. The molecule has 0 atom stereocenters. The number of amides is 1. The van der Waals surface area contributed by atoms with Crippen LogP contribution in [0, 0.1) is 0 Å². The van der Waals surface area contributed by atoms with E-state index in [0.29, 0.717) is 16.7 Å². The van der Waals surface area contributed by atoms with Crippen molar-refractivity contribution in [3.05, 3.63) is 71.3 Å². The molecule has 2 N–H and O–H groups in total. The lowest BCUT2D eigenvalue weighted by atomic mass is 10.2. The van der Waals surface area contributed by atoms with Crippen LogP contribution in [0.3, 0.4) is 0 Å². The second-order valence-electron chi connectivity index (χ2n) is 5.46. The predicted molar refractivity (Wildman–Crippen MR) is 92.9 cm³/mol. The summed E-state index contributed by atoms with van der Waals surface area (Å²) < 4.78 is 1.42. The second-order valence-corrected chi connectivity index (χ2v) is 5.46. The molecule has 0 radical (unpaired) electrons. The molecular formula is C18H14N4O2. The molecule has 6 heteroatoms. The van der Waals surface area contributed by atoms with Crippen molar-refractivity contribution in [2.75, 3.05) is 5.32 Å². The van der Waals surface area contributed by atoms with Gasteiger partial charge in [0.1, 0.15) is 6.54 Å². The third kappa shape index (κ3) is 2.44. The van der Waals surface area contributed by atoms with Gasteiger partial charge >= 0.3 is 5.69 Å². The van der Waals surface area contributed by atoms with Crippen LogP contribution in [0.25, 0.3) is 21.9 Å². The van der Waals surface area contributed by atoms with Crippen molar-refractivity contribution in [2.45, 2.75) is 6.54 Å². The fourth-order valence-electron chi connectivity index (χ4n) is 2.80. The van der Waals surface area contributed by atoms with Gasteiger partial charge in [-0.2, -0.15) is 0 Å². The Morgan fingerprint density at radius 3 is 2.83 bits per heavy atom. The number of H-pyrrole nitrogens is 1. The zero-order valence-corrected chi connectivity index (χ0v) is 12.7. The Morgan fingerprint density at radius 2 is 1.92 bits per heavy atom. The van der Waals surface area contributed by atoms with Gasteiger partial charge in [0.2, 0.25) is 5.91 Å². The Labute approximate surface area is 136 Å². The standard InChI is InChI=1S/C18H14N4O2/c23-16(11-22-15-9-2-1-7-13(15)21-18(22)24)20-14-8-3-5-12-6-4-10-19-17(12)14/h1-10H,11H2,(H,20,23)(H,21,24). The van der Waals surface area contributed by atoms with Gasteiger partial charge in [0.25, 0.3) is 0 Å². The molecule has 0 aliphatic heterocycles. The van der Waals surface area contributed by atoms with Crippen LogP contribution in [0.4, 0.5) is 5.69 Å². The van der Waals surface area contributed by atoms with Gasteiger partial charge in [0.15, 0.2) is 0 Å². The van der Waals surface area contributed by atoms with Gasteiger partial charge in [-0.15, -0.1) is 0 Å². The first-order valence-electron chi connectivity index (χ1n) is 7.53. The van der Waals surface area contributed by atoms with Crippen molar-refractivity contribution in [1.29, 1.82) is 0 Å². The SMILES string of the molecule is O=C(Cn1c(=O)[nH]c2ccccc21)Nc1cccc2cccnc12. The summed E-state index contributed by atoms with van der Waals surface area (Å²) in [5.74, 6) is -0.278. The summed E-state index contributed by atoms with van der Waals surface area (Å²) in [5.41, 5.74) is 2.46. The van der Waals surface area contributed by atoms with Crippen LogP contribution in [0.1, 0.15) is 0 Å². The number of nitrogens with one attached hydrogen (secondary N) is 2. The number of carbonyl (C=O) groups excluding carboxylic acids is 1. The van der Waals surface area contributed by atoms with Gasteiger partial charge in [-0.05, 0) is 24.3 Å². The van der Waals surface area contributed by atoms with Crippen LogP contribution in [0.5, 0.6) is 0 Å². The molecule has 6 nitrogen and oxygen atoms in total.